The molecule has 3 aromatic carbocycles. The van der Waals surface area contributed by atoms with E-state index in [2.05, 4.69) is 56.8 Å². The first-order valence-corrected chi connectivity index (χ1v) is 17.8. The zero-order valence-electron chi connectivity index (χ0n) is 28.5. The minimum Gasteiger partial charge on any atom is -0.465 e. The topological polar surface area (TPSA) is 113 Å². The van der Waals surface area contributed by atoms with E-state index >= 15 is 0 Å². The smallest absolute Gasteiger partial charge is 0.325 e. The van der Waals surface area contributed by atoms with Crippen molar-refractivity contribution < 1.29 is 28.9 Å². The lowest BCUT2D eigenvalue weighted by atomic mass is 9.98. The van der Waals surface area contributed by atoms with E-state index in [-0.39, 0.29) is 32.0 Å². The molecule has 10 nitrogen and oxygen atoms in total. The minimum atomic E-state index is -0.501. The van der Waals surface area contributed by atoms with E-state index in [0.29, 0.717) is 12.6 Å². The summed E-state index contributed by atoms with van der Waals surface area (Å²) in [7, 11) is 0. The summed E-state index contributed by atoms with van der Waals surface area (Å²) in [5.74, 6) is -0.469. The first-order chi connectivity index (χ1) is 24.0. The number of carbonyl (C=O) groups is 2. The number of ether oxygens (including phenoxy) is 3. The highest BCUT2D eigenvalue weighted by Crippen LogP contribution is 2.39. The Balaban J connectivity index is 1.12. The van der Waals surface area contributed by atoms with E-state index in [9.17, 15) is 14.7 Å². The molecule has 3 heterocycles. The zero-order chi connectivity index (χ0) is 34.0. The lowest BCUT2D eigenvalue weighted by molar-refractivity contribution is -0.253. The number of likely N-dealkylation sites (tertiary alicyclic amines) is 2. The normalized spacial score (nSPS) is 23.0. The number of benzene rings is 3. The van der Waals surface area contributed by atoms with Crippen molar-refractivity contribution in [1.29, 1.82) is 0 Å². The van der Waals surface area contributed by atoms with Gasteiger partial charge in [-0.1, -0.05) is 66.7 Å². The van der Waals surface area contributed by atoms with Crippen LogP contribution in [-0.4, -0.2) is 84.9 Å². The summed E-state index contributed by atoms with van der Waals surface area (Å²) in [6.07, 6.45) is 5.30. The van der Waals surface area contributed by atoms with Crippen LogP contribution in [0.25, 0.3) is 11.1 Å². The van der Waals surface area contributed by atoms with Gasteiger partial charge in [-0.15, -0.1) is 0 Å². The van der Waals surface area contributed by atoms with Crippen LogP contribution in [0.4, 0.5) is 4.79 Å². The number of carbonyl (C=O) groups excluding carboxylic acids is 2. The Morgan fingerprint density at radius 1 is 0.857 bits per heavy atom. The van der Waals surface area contributed by atoms with Crippen molar-refractivity contribution in [3.8, 4) is 11.1 Å². The van der Waals surface area contributed by atoms with E-state index in [1.165, 1.54) is 38.8 Å². The third-order valence-electron chi connectivity index (χ3n) is 9.81. The molecule has 0 radical (unpaired) electrons. The average Bonchev–Trinajstić information content (AvgIpc) is 3.82. The van der Waals surface area contributed by atoms with Gasteiger partial charge < -0.3 is 34.9 Å². The first-order valence-electron chi connectivity index (χ1n) is 17.8. The third-order valence-corrected chi connectivity index (χ3v) is 9.81. The molecule has 0 bridgehead atoms. The predicted octanol–water partition coefficient (Wildman–Crippen LogP) is 5.31. The Bertz CT molecular complexity index is 1510. The van der Waals surface area contributed by atoms with Crippen LogP contribution < -0.4 is 10.6 Å². The molecule has 0 spiro atoms. The molecular formula is C39H50N4O6. The lowest BCUT2D eigenvalue weighted by Crippen LogP contribution is -2.45. The van der Waals surface area contributed by atoms with Crippen LogP contribution in [0.3, 0.4) is 0 Å². The van der Waals surface area contributed by atoms with Gasteiger partial charge >= 0.3 is 12.0 Å². The van der Waals surface area contributed by atoms with E-state index in [1.54, 1.807) is 6.92 Å². The monoisotopic (exact) mass is 670 g/mol. The molecule has 262 valence electrons. The highest BCUT2D eigenvalue weighted by atomic mass is 16.7. The van der Waals surface area contributed by atoms with Gasteiger partial charge in [-0.05, 0) is 86.1 Å². The maximum atomic E-state index is 12.1. The lowest BCUT2D eigenvalue weighted by Gasteiger charge is -2.39. The number of esters is 1. The average molecular weight is 671 g/mol. The fraction of sp³-hybridized carbons (Fsp3) is 0.487. The Morgan fingerprint density at radius 3 is 2.39 bits per heavy atom. The number of urea groups is 1. The Labute approximate surface area is 289 Å². The molecule has 3 fully saturated rings. The Morgan fingerprint density at radius 2 is 1.63 bits per heavy atom. The summed E-state index contributed by atoms with van der Waals surface area (Å²) < 4.78 is 18.2. The summed E-state index contributed by atoms with van der Waals surface area (Å²) >= 11 is 0. The van der Waals surface area contributed by atoms with Crippen molar-refractivity contribution in [3.05, 3.63) is 95.1 Å². The number of aliphatic hydroxyl groups excluding tert-OH is 1. The van der Waals surface area contributed by atoms with Crippen LogP contribution in [-0.2, 0) is 32.2 Å². The van der Waals surface area contributed by atoms with E-state index in [4.69, 9.17) is 14.2 Å². The number of nitrogens with one attached hydrogen (secondary N) is 2. The van der Waals surface area contributed by atoms with Crippen LogP contribution in [0.5, 0.6) is 0 Å². The van der Waals surface area contributed by atoms with Crippen LogP contribution in [0, 0.1) is 0 Å². The van der Waals surface area contributed by atoms with Crippen molar-refractivity contribution in [2.45, 2.75) is 76.7 Å². The van der Waals surface area contributed by atoms with Gasteiger partial charge in [0.25, 0.3) is 0 Å². The van der Waals surface area contributed by atoms with Gasteiger partial charge in [-0.2, -0.15) is 0 Å². The molecule has 4 atom stereocenters. The summed E-state index contributed by atoms with van der Waals surface area (Å²) in [5, 5.41) is 14.9. The molecule has 3 N–H and O–H groups in total. The van der Waals surface area contributed by atoms with Gasteiger partial charge in [-0.3, -0.25) is 9.69 Å². The van der Waals surface area contributed by atoms with Gasteiger partial charge in [0.05, 0.1) is 25.4 Å². The number of hydrogen-bond donors (Lipinski definition) is 3. The maximum Gasteiger partial charge on any atom is 0.325 e. The molecule has 10 heteroatoms. The van der Waals surface area contributed by atoms with Gasteiger partial charge in [0, 0.05) is 37.7 Å². The fourth-order valence-electron chi connectivity index (χ4n) is 7.20. The molecule has 0 saturated carbocycles. The molecule has 3 aliphatic rings. The second-order valence-corrected chi connectivity index (χ2v) is 13.3. The van der Waals surface area contributed by atoms with Crippen LogP contribution >= 0.6 is 0 Å². The highest BCUT2D eigenvalue weighted by molar-refractivity contribution is 5.80. The number of amides is 2. The highest BCUT2D eigenvalue weighted by Gasteiger charge is 2.36. The van der Waals surface area contributed by atoms with Crippen molar-refractivity contribution in [3.63, 3.8) is 0 Å². The van der Waals surface area contributed by atoms with Gasteiger partial charge in [-0.25, -0.2) is 4.79 Å². The molecule has 49 heavy (non-hydrogen) atoms. The quantitative estimate of drug-likeness (QED) is 0.210. The van der Waals surface area contributed by atoms with E-state index in [1.807, 2.05) is 36.4 Å². The van der Waals surface area contributed by atoms with Gasteiger partial charge in [0.1, 0.15) is 6.54 Å². The molecule has 2 amide bonds. The van der Waals surface area contributed by atoms with Gasteiger partial charge in [0.2, 0.25) is 0 Å². The number of rotatable bonds is 13. The Hall–Kier alpha value is -3.80. The van der Waals surface area contributed by atoms with Crippen molar-refractivity contribution in [2.24, 2.45) is 0 Å². The summed E-state index contributed by atoms with van der Waals surface area (Å²) in [6.45, 7) is 7.77. The minimum absolute atomic E-state index is 0.0196. The zero-order valence-corrected chi connectivity index (χ0v) is 28.5. The SMILES string of the molecule is CCOC(=O)CNC(=O)NCc1cccc(-c2ccc([C@H]3O[C@@H](CN4CCC[C@H]4CN4CCCC4)C[C@@H](c4ccc(CO)cc4)O3)cc2)c1. The molecular weight excluding hydrogens is 620 g/mol. The molecule has 0 aliphatic carbocycles. The molecule has 3 aromatic rings. The largest absolute Gasteiger partial charge is 0.465 e. The maximum absolute atomic E-state index is 12.1. The first kappa shape index (κ1) is 35.0. The summed E-state index contributed by atoms with van der Waals surface area (Å²) in [4.78, 5) is 28.9. The number of hydrogen-bond acceptors (Lipinski definition) is 8. The van der Waals surface area contributed by atoms with Crippen LogP contribution in [0.2, 0.25) is 0 Å². The van der Waals surface area contributed by atoms with Crippen LogP contribution in [0.15, 0.2) is 72.8 Å². The molecule has 6 rings (SSSR count). The summed E-state index contributed by atoms with van der Waals surface area (Å²) in [6, 6.07) is 24.6. The molecule has 0 aromatic heterocycles. The van der Waals surface area contributed by atoms with Crippen molar-refractivity contribution >= 4 is 12.0 Å². The van der Waals surface area contributed by atoms with Crippen molar-refractivity contribution in [1.82, 2.24) is 20.4 Å². The standard InChI is InChI=1S/C39H50N4O6/c1-2-47-37(45)24-41-39(46)40-23-29-7-5-8-33(21-29)30-14-16-32(17-15-30)38-48-35(22-36(49-38)31-12-10-28(27-44)11-13-31)26-43-20-6-9-34(43)25-42-18-3-4-19-42/h5,7-8,10-17,21,34-36,38,44H,2-4,6,9,18-20,22-27H2,1H3,(H2,40,41,46)/t34-,35+,36-,38-/m0/s1. The second kappa shape index (κ2) is 17.2. The van der Waals surface area contributed by atoms with E-state index < -0.39 is 18.3 Å². The molecule has 3 aliphatic heterocycles. The predicted molar refractivity (Wildman–Crippen MR) is 187 cm³/mol. The third kappa shape index (κ3) is 9.67. The fourth-order valence-corrected chi connectivity index (χ4v) is 7.20. The number of nitrogens with zero attached hydrogens (tertiary/aromatic N) is 2. The summed E-state index contributed by atoms with van der Waals surface area (Å²) in [5.41, 5.74) is 5.97. The second-order valence-electron chi connectivity index (χ2n) is 13.3. The van der Waals surface area contributed by atoms with E-state index in [0.717, 1.165) is 59.4 Å². The molecule has 3 saturated heterocycles. The molecule has 0 unspecified atom stereocenters. The Kier molecular flexibility index (Phi) is 12.3. The number of aliphatic hydroxyl groups is 1. The van der Waals surface area contributed by atoms with Crippen LogP contribution in [0.1, 0.15) is 73.7 Å². The van der Waals surface area contributed by atoms with Crippen molar-refractivity contribution in [2.75, 3.05) is 45.9 Å². The van der Waals surface area contributed by atoms with Gasteiger partial charge in [0.15, 0.2) is 6.29 Å².